The van der Waals surface area contributed by atoms with Crippen LogP contribution in [0.4, 0.5) is 11.4 Å². The molecule has 6 heteroatoms. The van der Waals surface area contributed by atoms with Crippen LogP contribution in [0, 0.1) is 10.1 Å². The second-order valence-corrected chi connectivity index (χ2v) is 5.52. The van der Waals surface area contributed by atoms with Gasteiger partial charge in [0.2, 0.25) is 0 Å². The molecule has 130 valence electrons. The standard InChI is InChI=1S/C20H17N3O3/c24-23(25)19-10-8-18(9-11-19)22-21-14-16-6-12-20(13-7-16)26-15-17-4-2-1-3-5-17/h1-14,22H,15H2/b21-14-. The number of rotatable bonds is 7. The largest absolute Gasteiger partial charge is 0.489 e. The van der Waals surface area contributed by atoms with Crippen LogP contribution in [0.3, 0.4) is 0 Å². The lowest BCUT2D eigenvalue weighted by Gasteiger charge is -2.06. The second-order valence-electron chi connectivity index (χ2n) is 5.52. The molecule has 0 radical (unpaired) electrons. The van der Waals surface area contributed by atoms with Gasteiger partial charge in [0.05, 0.1) is 16.8 Å². The number of hydrogen-bond donors (Lipinski definition) is 1. The smallest absolute Gasteiger partial charge is 0.269 e. The van der Waals surface area contributed by atoms with E-state index >= 15 is 0 Å². The molecule has 0 aliphatic heterocycles. The fourth-order valence-electron chi connectivity index (χ4n) is 2.23. The highest BCUT2D eigenvalue weighted by Gasteiger charge is 2.02. The van der Waals surface area contributed by atoms with Gasteiger partial charge in [0.15, 0.2) is 0 Å². The van der Waals surface area contributed by atoms with E-state index in [1.807, 2.05) is 54.6 Å². The number of benzene rings is 3. The summed E-state index contributed by atoms with van der Waals surface area (Å²) in [5, 5.41) is 14.7. The van der Waals surface area contributed by atoms with Crippen LogP contribution < -0.4 is 10.2 Å². The maximum atomic E-state index is 10.6. The first kappa shape index (κ1) is 17.2. The summed E-state index contributed by atoms with van der Waals surface area (Å²) in [5.41, 5.74) is 5.58. The van der Waals surface area contributed by atoms with Gasteiger partial charge < -0.3 is 4.74 Å². The Morgan fingerprint density at radius 2 is 1.65 bits per heavy atom. The van der Waals surface area contributed by atoms with Crippen molar-refractivity contribution < 1.29 is 9.66 Å². The van der Waals surface area contributed by atoms with E-state index in [9.17, 15) is 10.1 Å². The maximum absolute atomic E-state index is 10.6. The van der Waals surface area contributed by atoms with E-state index in [-0.39, 0.29) is 5.69 Å². The van der Waals surface area contributed by atoms with Crippen LogP contribution >= 0.6 is 0 Å². The third kappa shape index (κ3) is 4.91. The van der Waals surface area contributed by atoms with Crippen LogP contribution in [0.15, 0.2) is 84.0 Å². The first-order chi connectivity index (χ1) is 12.7. The van der Waals surface area contributed by atoms with Crippen LogP contribution in [0.25, 0.3) is 0 Å². The van der Waals surface area contributed by atoms with Gasteiger partial charge in [0.1, 0.15) is 12.4 Å². The number of non-ortho nitro benzene ring substituents is 1. The number of nitro groups is 1. The SMILES string of the molecule is O=[N+]([O-])c1ccc(N/N=C\c2ccc(OCc3ccccc3)cc2)cc1. The van der Waals surface area contributed by atoms with E-state index < -0.39 is 4.92 Å². The van der Waals surface area contributed by atoms with Crippen molar-refractivity contribution in [2.75, 3.05) is 5.43 Å². The number of hydrogen-bond acceptors (Lipinski definition) is 5. The maximum Gasteiger partial charge on any atom is 0.269 e. The predicted octanol–water partition coefficient (Wildman–Crippen LogP) is 4.62. The zero-order valence-corrected chi connectivity index (χ0v) is 13.9. The minimum absolute atomic E-state index is 0.0469. The normalized spacial score (nSPS) is 10.6. The summed E-state index contributed by atoms with van der Waals surface area (Å²) in [6.07, 6.45) is 1.67. The molecule has 26 heavy (non-hydrogen) atoms. The van der Waals surface area contributed by atoms with E-state index in [4.69, 9.17) is 4.74 Å². The fraction of sp³-hybridized carbons (Fsp3) is 0.0500. The van der Waals surface area contributed by atoms with Gasteiger partial charge in [-0.2, -0.15) is 5.10 Å². The molecule has 0 atom stereocenters. The minimum atomic E-state index is -0.436. The Bertz CT molecular complexity index is 876. The monoisotopic (exact) mass is 347 g/mol. The molecule has 3 aromatic rings. The van der Waals surface area contributed by atoms with Crippen LogP contribution in [0.1, 0.15) is 11.1 Å². The Kier molecular flexibility index (Phi) is 5.57. The summed E-state index contributed by atoms with van der Waals surface area (Å²) in [6, 6.07) is 23.6. The van der Waals surface area contributed by atoms with Crippen molar-refractivity contribution in [1.82, 2.24) is 0 Å². The molecule has 6 nitrogen and oxygen atoms in total. The Morgan fingerprint density at radius 1 is 0.962 bits per heavy atom. The van der Waals surface area contributed by atoms with E-state index in [1.54, 1.807) is 18.3 Å². The molecule has 0 aliphatic rings. The van der Waals surface area contributed by atoms with Crippen molar-refractivity contribution in [2.24, 2.45) is 5.10 Å². The van der Waals surface area contributed by atoms with Gasteiger partial charge in [-0.05, 0) is 47.5 Å². The van der Waals surface area contributed by atoms with Crippen LogP contribution in [0.2, 0.25) is 0 Å². The van der Waals surface area contributed by atoms with Gasteiger partial charge in [0, 0.05) is 12.1 Å². The molecule has 0 saturated carbocycles. The molecule has 0 unspecified atom stereocenters. The summed E-state index contributed by atoms with van der Waals surface area (Å²) in [7, 11) is 0. The molecule has 0 heterocycles. The first-order valence-electron chi connectivity index (χ1n) is 8.01. The van der Waals surface area contributed by atoms with E-state index in [0.29, 0.717) is 12.3 Å². The lowest BCUT2D eigenvalue weighted by molar-refractivity contribution is -0.384. The number of ether oxygens (including phenoxy) is 1. The number of hydrazone groups is 1. The lowest BCUT2D eigenvalue weighted by atomic mass is 10.2. The molecular weight excluding hydrogens is 330 g/mol. The summed E-state index contributed by atoms with van der Waals surface area (Å²) >= 11 is 0. The van der Waals surface area contributed by atoms with E-state index in [0.717, 1.165) is 16.9 Å². The molecule has 0 saturated heterocycles. The molecule has 0 fully saturated rings. The fourth-order valence-corrected chi connectivity index (χ4v) is 2.23. The molecule has 0 spiro atoms. The Morgan fingerprint density at radius 3 is 2.31 bits per heavy atom. The van der Waals surface area contributed by atoms with Crippen molar-refractivity contribution in [2.45, 2.75) is 6.61 Å². The molecule has 3 aromatic carbocycles. The molecule has 0 aliphatic carbocycles. The zero-order valence-electron chi connectivity index (χ0n) is 13.9. The summed E-state index contributed by atoms with van der Waals surface area (Å²) in [5.74, 6) is 0.786. The number of nitro benzene ring substituents is 1. The quantitative estimate of drug-likeness (QED) is 0.384. The molecular formula is C20H17N3O3. The Labute approximate surface area is 150 Å². The minimum Gasteiger partial charge on any atom is -0.489 e. The molecule has 0 bridgehead atoms. The predicted molar refractivity (Wildman–Crippen MR) is 102 cm³/mol. The highest BCUT2D eigenvalue weighted by atomic mass is 16.6. The zero-order chi connectivity index (χ0) is 18.2. The molecule has 3 rings (SSSR count). The van der Waals surface area contributed by atoms with Gasteiger partial charge in [-0.15, -0.1) is 0 Å². The third-order valence-corrected chi connectivity index (χ3v) is 3.61. The first-order valence-corrected chi connectivity index (χ1v) is 8.01. The highest BCUT2D eigenvalue weighted by Crippen LogP contribution is 2.16. The van der Waals surface area contributed by atoms with Gasteiger partial charge in [-0.25, -0.2) is 0 Å². The second kappa shape index (κ2) is 8.43. The number of nitrogens with one attached hydrogen (secondary N) is 1. The highest BCUT2D eigenvalue weighted by molar-refractivity contribution is 5.80. The van der Waals surface area contributed by atoms with Crippen molar-refractivity contribution in [3.63, 3.8) is 0 Å². The molecule has 1 N–H and O–H groups in total. The number of nitrogens with zero attached hydrogens (tertiary/aromatic N) is 2. The van der Waals surface area contributed by atoms with Gasteiger partial charge >= 0.3 is 0 Å². The molecule has 0 amide bonds. The average Bonchev–Trinajstić information content (AvgIpc) is 2.68. The topological polar surface area (TPSA) is 76.8 Å². The van der Waals surface area contributed by atoms with Crippen molar-refractivity contribution >= 4 is 17.6 Å². The summed E-state index contributed by atoms with van der Waals surface area (Å²) in [6.45, 7) is 0.524. The third-order valence-electron chi connectivity index (χ3n) is 3.61. The van der Waals surface area contributed by atoms with Crippen LogP contribution in [-0.4, -0.2) is 11.1 Å². The van der Waals surface area contributed by atoms with Crippen LogP contribution in [0.5, 0.6) is 5.75 Å². The van der Waals surface area contributed by atoms with Gasteiger partial charge in [0.25, 0.3) is 5.69 Å². The Balaban J connectivity index is 1.52. The van der Waals surface area contributed by atoms with Crippen molar-refractivity contribution in [1.29, 1.82) is 0 Å². The van der Waals surface area contributed by atoms with Crippen LogP contribution in [-0.2, 0) is 6.61 Å². The lowest BCUT2D eigenvalue weighted by Crippen LogP contribution is -1.95. The summed E-state index contributed by atoms with van der Waals surface area (Å²) in [4.78, 5) is 10.2. The Hall–Kier alpha value is -3.67. The van der Waals surface area contributed by atoms with Gasteiger partial charge in [-0.1, -0.05) is 30.3 Å². The van der Waals surface area contributed by atoms with Crippen molar-refractivity contribution in [3.8, 4) is 5.75 Å². The average molecular weight is 347 g/mol. The number of anilines is 1. The summed E-state index contributed by atoms with van der Waals surface area (Å²) < 4.78 is 5.74. The van der Waals surface area contributed by atoms with Crippen molar-refractivity contribution in [3.05, 3.63) is 100 Å². The van der Waals surface area contributed by atoms with E-state index in [2.05, 4.69) is 10.5 Å². The molecule has 0 aromatic heterocycles. The van der Waals surface area contributed by atoms with Gasteiger partial charge in [-0.3, -0.25) is 15.5 Å². The van der Waals surface area contributed by atoms with E-state index in [1.165, 1.54) is 12.1 Å².